The van der Waals surface area contributed by atoms with E-state index in [2.05, 4.69) is 25.9 Å². The Hall–Kier alpha value is -1.50. The zero-order valence-corrected chi connectivity index (χ0v) is 12.9. The van der Waals surface area contributed by atoms with E-state index in [1.165, 1.54) is 0 Å². The molecular formula is C14H16BrN3O2. The zero-order valence-electron chi connectivity index (χ0n) is 11.3. The summed E-state index contributed by atoms with van der Waals surface area (Å²) in [6.07, 6.45) is 0. The fourth-order valence-electron chi connectivity index (χ4n) is 1.86. The molecule has 0 aliphatic rings. The molecule has 3 N–H and O–H groups in total. The number of hydrogen-bond donors (Lipinski definition) is 2. The van der Waals surface area contributed by atoms with Crippen LogP contribution >= 0.6 is 15.9 Å². The number of methoxy groups -OCH3 is 1. The van der Waals surface area contributed by atoms with Crippen molar-refractivity contribution in [2.45, 2.75) is 13.0 Å². The Morgan fingerprint density at radius 1 is 1.35 bits per heavy atom. The Bertz CT molecular complexity index is 619. The molecule has 106 valence electrons. The molecule has 1 aromatic heterocycles. The van der Waals surface area contributed by atoms with E-state index in [-0.39, 0.29) is 6.61 Å². The average molecular weight is 338 g/mol. The van der Waals surface area contributed by atoms with Gasteiger partial charge in [-0.1, -0.05) is 15.9 Å². The Kier molecular flexibility index (Phi) is 4.69. The van der Waals surface area contributed by atoms with Gasteiger partial charge in [-0.05, 0) is 31.2 Å². The lowest BCUT2D eigenvalue weighted by molar-refractivity contribution is 0.263. The first-order valence-corrected chi connectivity index (χ1v) is 6.90. The lowest BCUT2D eigenvalue weighted by Crippen LogP contribution is -2.18. The van der Waals surface area contributed by atoms with Gasteiger partial charge in [-0.25, -0.2) is 9.97 Å². The number of aromatic nitrogens is 2. The van der Waals surface area contributed by atoms with Crippen LogP contribution in [0, 0.1) is 6.92 Å². The molecule has 0 amide bonds. The number of benzene rings is 1. The van der Waals surface area contributed by atoms with Crippen LogP contribution in [0.25, 0.3) is 11.3 Å². The van der Waals surface area contributed by atoms with Crippen LogP contribution in [0.1, 0.15) is 17.6 Å². The van der Waals surface area contributed by atoms with Gasteiger partial charge < -0.3 is 15.6 Å². The van der Waals surface area contributed by atoms with Gasteiger partial charge in [0.25, 0.3) is 0 Å². The van der Waals surface area contributed by atoms with Crippen LogP contribution in [-0.2, 0) is 0 Å². The number of ether oxygens (including phenoxy) is 1. The van der Waals surface area contributed by atoms with E-state index < -0.39 is 6.04 Å². The summed E-state index contributed by atoms with van der Waals surface area (Å²) >= 11 is 3.44. The third kappa shape index (κ3) is 3.15. The summed E-state index contributed by atoms with van der Waals surface area (Å²) in [5.74, 6) is 1.14. The van der Waals surface area contributed by atoms with E-state index in [4.69, 9.17) is 15.6 Å². The summed E-state index contributed by atoms with van der Waals surface area (Å²) in [5.41, 5.74) is 8.15. The van der Waals surface area contributed by atoms with Gasteiger partial charge in [0.2, 0.25) is 0 Å². The lowest BCUT2D eigenvalue weighted by Gasteiger charge is -2.12. The number of nitrogens with zero attached hydrogens (tertiary/aromatic N) is 2. The van der Waals surface area contributed by atoms with Gasteiger partial charge in [-0.15, -0.1) is 0 Å². The molecule has 0 saturated heterocycles. The maximum Gasteiger partial charge on any atom is 0.148 e. The molecule has 6 heteroatoms. The Labute approximate surface area is 126 Å². The van der Waals surface area contributed by atoms with Crippen LogP contribution < -0.4 is 10.5 Å². The smallest absolute Gasteiger partial charge is 0.148 e. The van der Waals surface area contributed by atoms with Crippen molar-refractivity contribution in [3.8, 4) is 17.0 Å². The number of nitrogens with two attached hydrogens (primary N) is 1. The van der Waals surface area contributed by atoms with Crippen molar-refractivity contribution in [1.82, 2.24) is 9.97 Å². The molecule has 0 spiro atoms. The Morgan fingerprint density at radius 2 is 2.10 bits per heavy atom. The summed E-state index contributed by atoms with van der Waals surface area (Å²) in [5, 5.41) is 9.15. The van der Waals surface area contributed by atoms with E-state index in [1.54, 1.807) is 7.11 Å². The molecule has 0 saturated carbocycles. The second-order valence-corrected chi connectivity index (χ2v) is 5.30. The number of aliphatic hydroxyl groups excluding tert-OH is 1. The summed E-state index contributed by atoms with van der Waals surface area (Å²) in [7, 11) is 1.61. The molecule has 20 heavy (non-hydrogen) atoms. The highest BCUT2D eigenvalue weighted by molar-refractivity contribution is 9.10. The van der Waals surface area contributed by atoms with E-state index in [0.29, 0.717) is 5.82 Å². The zero-order chi connectivity index (χ0) is 14.7. The van der Waals surface area contributed by atoms with E-state index in [9.17, 15) is 0 Å². The van der Waals surface area contributed by atoms with E-state index in [1.807, 2.05) is 31.2 Å². The van der Waals surface area contributed by atoms with Crippen LogP contribution in [0.3, 0.4) is 0 Å². The molecular weight excluding hydrogens is 322 g/mol. The molecule has 1 atom stereocenters. The van der Waals surface area contributed by atoms with Gasteiger partial charge in [0.15, 0.2) is 0 Å². The highest BCUT2D eigenvalue weighted by Crippen LogP contribution is 2.32. The second-order valence-electron chi connectivity index (χ2n) is 4.39. The quantitative estimate of drug-likeness (QED) is 0.893. The minimum absolute atomic E-state index is 0.196. The van der Waals surface area contributed by atoms with Gasteiger partial charge in [0.1, 0.15) is 11.6 Å². The molecule has 2 aromatic rings. The molecule has 0 fully saturated rings. The Balaban J connectivity index is 2.57. The fourth-order valence-corrected chi connectivity index (χ4v) is 2.22. The van der Waals surface area contributed by atoms with E-state index in [0.717, 1.165) is 27.2 Å². The molecule has 2 rings (SSSR count). The minimum Gasteiger partial charge on any atom is -0.496 e. The number of rotatable bonds is 4. The van der Waals surface area contributed by atoms with Crippen molar-refractivity contribution in [3.63, 3.8) is 0 Å². The highest BCUT2D eigenvalue weighted by Gasteiger charge is 2.14. The van der Waals surface area contributed by atoms with Crippen molar-refractivity contribution in [2.24, 2.45) is 5.73 Å². The van der Waals surface area contributed by atoms with Crippen LogP contribution in [-0.4, -0.2) is 28.8 Å². The lowest BCUT2D eigenvalue weighted by atomic mass is 10.1. The monoisotopic (exact) mass is 337 g/mol. The molecule has 1 heterocycles. The van der Waals surface area contributed by atoms with Crippen molar-refractivity contribution in [1.29, 1.82) is 0 Å². The SMILES string of the molecule is COc1ccc(Br)cc1-c1cc(C)nc(C(N)CO)n1. The van der Waals surface area contributed by atoms with Crippen LogP contribution in [0.15, 0.2) is 28.7 Å². The number of halogens is 1. The summed E-state index contributed by atoms with van der Waals surface area (Å²) < 4.78 is 6.29. The third-order valence-corrected chi connectivity index (χ3v) is 3.33. The van der Waals surface area contributed by atoms with Crippen molar-refractivity contribution < 1.29 is 9.84 Å². The van der Waals surface area contributed by atoms with Gasteiger partial charge in [0, 0.05) is 15.7 Å². The van der Waals surface area contributed by atoms with Gasteiger partial charge >= 0.3 is 0 Å². The maximum absolute atomic E-state index is 9.15. The fraction of sp³-hybridized carbons (Fsp3) is 0.286. The molecule has 0 radical (unpaired) electrons. The van der Waals surface area contributed by atoms with Gasteiger partial charge in [-0.2, -0.15) is 0 Å². The third-order valence-electron chi connectivity index (χ3n) is 2.84. The average Bonchev–Trinajstić information content (AvgIpc) is 2.45. The van der Waals surface area contributed by atoms with Crippen LogP contribution in [0.5, 0.6) is 5.75 Å². The van der Waals surface area contributed by atoms with Gasteiger partial charge in [-0.3, -0.25) is 0 Å². The molecule has 1 aromatic carbocycles. The molecule has 0 aliphatic carbocycles. The largest absolute Gasteiger partial charge is 0.496 e. The predicted octanol–water partition coefficient (Wildman–Crippen LogP) is 2.22. The molecule has 1 unspecified atom stereocenters. The van der Waals surface area contributed by atoms with Crippen LogP contribution in [0.4, 0.5) is 0 Å². The molecule has 0 aliphatic heterocycles. The summed E-state index contributed by atoms with van der Waals surface area (Å²) in [6, 6.07) is 6.96. The molecule has 5 nitrogen and oxygen atoms in total. The number of hydrogen-bond acceptors (Lipinski definition) is 5. The minimum atomic E-state index is -0.591. The van der Waals surface area contributed by atoms with Crippen molar-refractivity contribution in [3.05, 3.63) is 40.3 Å². The van der Waals surface area contributed by atoms with Crippen molar-refractivity contribution >= 4 is 15.9 Å². The predicted molar refractivity (Wildman–Crippen MR) is 80.5 cm³/mol. The first-order chi connectivity index (χ1) is 9.55. The van der Waals surface area contributed by atoms with Crippen LogP contribution in [0.2, 0.25) is 0 Å². The maximum atomic E-state index is 9.15. The standard InChI is InChI=1S/C14H16BrN3O2/c1-8-5-12(18-14(17-8)11(16)7-19)10-6-9(15)3-4-13(10)20-2/h3-6,11,19H,7,16H2,1-2H3. The highest BCUT2D eigenvalue weighted by atomic mass is 79.9. The first kappa shape index (κ1) is 14.9. The van der Waals surface area contributed by atoms with Gasteiger partial charge in [0.05, 0.1) is 25.5 Å². The first-order valence-electron chi connectivity index (χ1n) is 6.11. The number of aliphatic hydroxyl groups is 1. The Morgan fingerprint density at radius 3 is 2.75 bits per heavy atom. The topological polar surface area (TPSA) is 81.3 Å². The van der Waals surface area contributed by atoms with Crippen molar-refractivity contribution in [2.75, 3.05) is 13.7 Å². The van der Waals surface area contributed by atoms with E-state index >= 15 is 0 Å². The normalized spacial score (nSPS) is 12.2. The number of aryl methyl sites for hydroxylation is 1. The summed E-state index contributed by atoms with van der Waals surface area (Å²) in [6.45, 7) is 1.67. The second kappa shape index (κ2) is 6.30. The summed E-state index contributed by atoms with van der Waals surface area (Å²) in [4.78, 5) is 8.69. The molecule has 0 bridgehead atoms.